The first-order valence-corrected chi connectivity index (χ1v) is 6.19. The minimum atomic E-state index is -1.42. The fourth-order valence-electron chi connectivity index (χ4n) is 1.85. The number of hydrogen-bond donors (Lipinski definition) is 2. The van der Waals surface area contributed by atoms with Gasteiger partial charge in [-0.2, -0.15) is 0 Å². The molecule has 0 aliphatic carbocycles. The van der Waals surface area contributed by atoms with Gasteiger partial charge < -0.3 is 10.2 Å². The van der Waals surface area contributed by atoms with Crippen LogP contribution >= 0.6 is 11.6 Å². The van der Waals surface area contributed by atoms with E-state index in [1.807, 2.05) is 0 Å². The predicted molar refractivity (Wildman–Crippen MR) is 75.2 cm³/mol. The van der Waals surface area contributed by atoms with Gasteiger partial charge in [-0.3, -0.25) is 4.79 Å². The highest BCUT2D eigenvalue weighted by atomic mass is 35.5. The molecule has 0 heterocycles. The second kappa shape index (κ2) is 5.76. The molecule has 0 saturated carbocycles. The first kappa shape index (κ1) is 14.7. The molecule has 0 fully saturated rings. The molecular formula is C15H9ClO5. The van der Waals surface area contributed by atoms with E-state index >= 15 is 0 Å². The van der Waals surface area contributed by atoms with E-state index in [0.717, 1.165) is 12.1 Å². The number of carbonyl (C=O) groups excluding carboxylic acids is 1. The Balaban J connectivity index is 2.53. The van der Waals surface area contributed by atoms with E-state index in [1.165, 1.54) is 12.1 Å². The summed E-state index contributed by atoms with van der Waals surface area (Å²) in [5.41, 5.74) is -0.539. The first-order chi connectivity index (χ1) is 9.91. The van der Waals surface area contributed by atoms with Crippen molar-refractivity contribution in [2.45, 2.75) is 0 Å². The quantitative estimate of drug-likeness (QED) is 0.847. The van der Waals surface area contributed by atoms with Gasteiger partial charge in [0.1, 0.15) is 0 Å². The van der Waals surface area contributed by atoms with Crippen molar-refractivity contribution in [2.75, 3.05) is 0 Å². The summed E-state index contributed by atoms with van der Waals surface area (Å²) in [4.78, 5) is 34.4. The summed E-state index contributed by atoms with van der Waals surface area (Å²) < 4.78 is 0. The SMILES string of the molecule is O=C(c1ccc(C(=O)O)c(C(=O)O)c1)c1ccccc1Cl. The molecule has 0 amide bonds. The van der Waals surface area contributed by atoms with Crippen molar-refractivity contribution in [3.8, 4) is 0 Å². The summed E-state index contributed by atoms with van der Waals surface area (Å²) in [6, 6.07) is 9.74. The van der Waals surface area contributed by atoms with E-state index in [1.54, 1.807) is 18.2 Å². The maximum atomic E-state index is 12.3. The zero-order valence-corrected chi connectivity index (χ0v) is 11.3. The Morgan fingerprint density at radius 1 is 0.810 bits per heavy atom. The van der Waals surface area contributed by atoms with E-state index < -0.39 is 23.3 Å². The number of aromatic carboxylic acids is 2. The van der Waals surface area contributed by atoms with Crippen molar-refractivity contribution in [1.29, 1.82) is 0 Å². The molecule has 106 valence electrons. The number of rotatable bonds is 4. The summed E-state index contributed by atoms with van der Waals surface area (Å²) in [7, 11) is 0. The zero-order chi connectivity index (χ0) is 15.6. The van der Waals surface area contributed by atoms with Crippen LogP contribution in [0.25, 0.3) is 0 Å². The van der Waals surface area contributed by atoms with E-state index in [-0.39, 0.29) is 21.7 Å². The summed E-state index contributed by atoms with van der Waals surface area (Å²) >= 11 is 5.92. The van der Waals surface area contributed by atoms with Gasteiger partial charge in [-0.05, 0) is 24.3 Å². The van der Waals surface area contributed by atoms with Crippen molar-refractivity contribution >= 4 is 29.3 Å². The highest BCUT2D eigenvalue weighted by Gasteiger charge is 2.20. The second-order valence-corrected chi connectivity index (χ2v) is 4.59. The topological polar surface area (TPSA) is 91.7 Å². The average molecular weight is 305 g/mol. The monoisotopic (exact) mass is 304 g/mol. The molecule has 2 N–H and O–H groups in total. The van der Waals surface area contributed by atoms with Gasteiger partial charge >= 0.3 is 11.9 Å². The minimum absolute atomic E-state index is 0.0606. The normalized spacial score (nSPS) is 10.1. The van der Waals surface area contributed by atoms with E-state index in [4.69, 9.17) is 21.8 Å². The van der Waals surface area contributed by atoms with Crippen LogP contribution in [0.1, 0.15) is 36.6 Å². The summed E-state index contributed by atoms with van der Waals surface area (Å²) in [5.74, 6) is -3.26. The lowest BCUT2D eigenvalue weighted by atomic mass is 9.98. The third-order valence-electron chi connectivity index (χ3n) is 2.86. The standard InChI is InChI=1S/C15H9ClO5/c16-12-4-2-1-3-10(12)13(17)8-5-6-9(14(18)19)11(7-8)15(20)21/h1-7H,(H,18,19)(H,20,21). The smallest absolute Gasteiger partial charge is 0.336 e. The number of benzene rings is 2. The first-order valence-electron chi connectivity index (χ1n) is 5.81. The van der Waals surface area contributed by atoms with Gasteiger partial charge in [0.15, 0.2) is 5.78 Å². The Kier molecular flexibility index (Phi) is 4.05. The fraction of sp³-hybridized carbons (Fsp3) is 0. The molecule has 0 saturated heterocycles. The second-order valence-electron chi connectivity index (χ2n) is 4.18. The maximum Gasteiger partial charge on any atom is 0.336 e. The molecule has 0 aromatic heterocycles. The maximum absolute atomic E-state index is 12.3. The summed E-state index contributed by atoms with van der Waals surface area (Å²) in [6.07, 6.45) is 0. The predicted octanol–water partition coefficient (Wildman–Crippen LogP) is 2.97. The van der Waals surface area contributed by atoms with E-state index in [0.29, 0.717) is 0 Å². The van der Waals surface area contributed by atoms with Gasteiger partial charge in [0.2, 0.25) is 0 Å². The molecule has 0 aliphatic heterocycles. The van der Waals surface area contributed by atoms with Gasteiger partial charge in [0, 0.05) is 11.1 Å². The van der Waals surface area contributed by atoms with E-state index in [9.17, 15) is 14.4 Å². The van der Waals surface area contributed by atoms with Crippen LogP contribution in [-0.2, 0) is 0 Å². The Labute approximate surface area is 124 Å². The molecule has 2 aromatic carbocycles. The van der Waals surface area contributed by atoms with Crippen LogP contribution in [0.5, 0.6) is 0 Å². The summed E-state index contributed by atoms with van der Waals surface area (Å²) in [6.45, 7) is 0. The van der Waals surface area contributed by atoms with Crippen molar-refractivity contribution < 1.29 is 24.6 Å². The largest absolute Gasteiger partial charge is 0.478 e. The molecule has 5 nitrogen and oxygen atoms in total. The molecular weight excluding hydrogens is 296 g/mol. The Hall–Kier alpha value is -2.66. The number of ketones is 1. The average Bonchev–Trinajstić information content (AvgIpc) is 2.46. The number of hydrogen-bond acceptors (Lipinski definition) is 3. The summed E-state index contributed by atoms with van der Waals surface area (Å²) in [5, 5.41) is 18.2. The number of carboxylic acids is 2. The molecule has 0 aliphatic rings. The van der Waals surface area contributed by atoms with Crippen LogP contribution in [0, 0.1) is 0 Å². The van der Waals surface area contributed by atoms with Crippen LogP contribution in [0.15, 0.2) is 42.5 Å². The van der Waals surface area contributed by atoms with Crippen LogP contribution < -0.4 is 0 Å². The number of carbonyl (C=O) groups is 3. The van der Waals surface area contributed by atoms with Gasteiger partial charge in [-0.15, -0.1) is 0 Å². The lowest BCUT2D eigenvalue weighted by molar-refractivity contribution is 0.0651. The van der Waals surface area contributed by atoms with Gasteiger partial charge in [-0.1, -0.05) is 29.8 Å². The van der Waals surface area contributed by atoms with Gasteiger partial charge in [0.05, 0.1) is 16.1 Å². The van der Waals surface area contributed by atoms with Crippen molar-refractivity contribution in [3.63, 3.8) is 0 Å². The van der Waals surface area contributed by atoms with Crippen molar-refractivity contribution in [3.05, 3.63) is 69.7 Å². The Morgan fingerprint density at radius 3 is 2.00 bits per heavy atom. The van der Waals surface area contributed by atoms with Crippen LogP contribution in [0.3, 0.4) is 0 Å². The molecule has 21 heavy (non-hydrogen) atoms. The van der Waals surface area contributed by atoms with Crippen LogP contribution in [0.2, 0.25) is 5.02 Å². The number of halogens is 1. The molecule has 2 rings (SSSR count). The third-order valence-corrected chi connectivity index (χ3v) is 3.19. The van der Waals surface area contributed by atoms with Crippen LogP contribution in [0.4, 0.5) is 0 Å². The van der Waals surface area contributed by atoms with Crippen LogP contribution in [-0.4, -0.2) is 27.9 Å². The lowest BCUT2D eigenvalue weighted by Crippen LogP contribution is -2.11. The fourth-order valence-corrected chi connectivity index (χ4v) is 2.07. The number of carboxylic acid groups (broad SMARTS) is 2. The van der Waals surface area contributed by atoms with Gasteiger partial charge in [-0.25, -0.2) is 9.59 Å². The molecule has 0 unspecified atom stereocenters. The molecule has 0 spiro atoms. The van der Waals surface area contributed by atoms with E-state index in [2.05, 4.69) is 0 Å². The Morgan fingerprint density at radius 2 is 1.43 bits per heavy atom. The molecule has 0 bridgehead atoms. The lowest BCUT2D eigenvalue weighted by Gasteiger charge is -2.06. The third kappa shape index (κ3) is 2.93. The highest BCUT2D eigenvalue weighted by Crippen LogP contribution is 2.21. The molecule has 6 heteroatoms. The molecule has 2 aromatic rings. The minimum Gasteiger partial charge on any atom is -0.478 e. The van der Waals surface area contributed by atoms with Crippen molar-refractivity contribution in [1.82, 2.24) is 0 Å². The Bertz CT molecular complexity index is 751. The van der Waals surface area contributed by atoms with Gasteiger partial charge in [0.25, 0.3) is 0 Å². The molecule has 0 atom stereocenters. The molecule has 0 radical (unpaired) electrons. The van der Waals surface area contributed by atoms with Crippen molar-refractivity contribution in [2.24, 2.45) is 0 Å². The highest BCUT2D eigenvalue weighted by molar-refractivity contribution is 6.35. The zero-order valence-electron chi connectivity index (χ0n) is 10.5.